The molecule has 3 aromatic rings. The van der Waals surface area contributed by atoms with Crippen molar-refractivity contribution in [1.29, 1.82) is 0 Å². The van der Waals surface area contributed by atoms with Crippen LogP contribution in [-0.4, -0.2) is 33.8 Å². The van der Waals surface area contributed by atoms with Gasteiger partial charge in [0, 0.05) is 35.9 Å². The van der Waals surface area contributed by atoms with Gasteiger partial charge in [-0.2, -0.15) is 0 Å². The van der Waals surface area contributed by atoms with E-state index < -0.39 is 10.8 Å². The third-order valence-corrected chi connectivity index (χ3v) is 5.36. The van der Waals surface area contributed by atoms with Crippen molar-refractivity contribution >= 4 is 22.4 Å². The lowest BCUT2D eigenvalue weighted by Crippen LogP contribution is -2.16. The lowest BCUT2D eigenvalue weighted by molar-refractivity contribution is 0.102. The second-order valence-corrected chi connectivity index (χ2v) is 7.31. The van der Waals surface area contributed by atoms with Crippen molar-refractivity contribution in [3.8, 4) is 11.5 Å². The number of nitrogens with zero attached hydrogens (tertiary/aromatic N) is 2. The van der Waals surface area contributed by atoms with Gasteiger partial charge in [-0.3, -0.25) is 14.0 Å². The molecule has 0 aliphatic rings. The number of rotatable bonds is 8. The zero-order chi connectivity index (χ0) is 20.6. The predicted octanol–water partition coefficient (Wildman–Crippen LogP) is 3.44. The van der Waals surface area contributed by atoms with Crippen LogP contribution in [-0.2, 0) is 16.6 Å². The van der Waals surface area contributed by atoms with Crippen LogP contribution in [0.2, 0.25) is 0 Å². The average Bonchev–Trinajstić information content (AvgIpc) is 2.75. The van der Waals surface area contributed by atoms with Crippen molar-refractivity contribution < 1.29 is 18.5 Å². The molecule has 0 spiro atoms. The van der Waals surface area contributed by atoms with E-state index in [-0.39, 0.29) is 22.2 Å². The molecule has 0 fully saturated rings. The van der Waals surface area contributed by atoms with E-state index >= 15 is 0 Å². The number of pyridine rings is 2. The van der Waals surface area contributed by atoms with Crippen molar-refractivity contribution in [2.75, 3.05) is 19.0 Å². The van der Waals surface area contributed by atoms with Gasteiger partial charge in [-0.1, -0.05) is 6.07 Å². The molecule has 1 N–H and O–H groups in total. The zero-order valence-electron chi connectivity index (χ0n) is 16.1. The smallest absolute Gasteiger partial charge is 0.258 e. The molecule has 0 saturated carbocycles. The first-order chi connectivity index (χ1) is 14.1. The molecule has 1 aromatic carbocycles. The van der Waals surface area contributed by atoms with Crippen molar-refractivity contribution in [2.24, 2.45) is 0 Å². The van der Waals surface area contributed by atoms with Crippen LogP contribution in [0.5, 0.6) is 11.5 Å². The maximum Gasteiger partial charge on any atom is 0.258 e. The number of carbonyl (C=O) groups excluding carboxylic acids is 1. The Morgan fingerprint density at radius 2 is 1.93 bits per heavy atom. The van der Waals surface area contributed by atoms with Crippen molar-refractivity contribution in [3.63, 3.8) is 0 Å². The molecule has 0 aliphatic heterocycles. The number of amides is 1. The Labute approximate surface area is 171 Å². The molecule has 1 unspecified atom stereocenters. The van der Waals surface area contributed by atoms with E-state index in [1.807, 2.05) is 6.92 Å². The number of nitrogens with one attached hydrogen (secondary N) is 1. The number of hydrogen-bond acceptors (Lipinski definition) is 6. The molecule has 1 amide bonds. The van der Waals surface area contributed by atoms with Crippen LogP contribution in [0.3, 0.4) is 0 Å². The van der Waals surface area contributed by atoms with Crippen LogP contribution in [0, 0.1) is 0 Å². The maximum atomic E-state index is 13.0. The summed E-state index contributed by atoms with van der Waals surface area (Å²) in [5, 5.41) is 2.98. The van der Waals surface area contributed by atoms with Gasteiger partial charge in [0.15, 0.2) is 0 Å². The number of anilines is 1. The Balaban J connectivity index is 1.82. The lowest BCUT2D eigenvalue weighted by Gasteiger charge is -2.12. The van der Waals surface area contributed by atoms with Crippen LogP contribution in [0.15, 0.2) is 66.1 Å². The molecule has 0 radical (unpaired) electrons. The molecular formula is C21H21N3O4S. The summed E-state index contributed by atoms with van der Waals surface area (Å²) in [6, 6.07) is 12.0. The third-order valence-electron chi connectivity index (χ3n) is 4.03. The molecule has 2 heterocycles. The van der Waals surface area contributed by atoms with Gasteiger partial charge in [-0.15, -0.1) is 0 Å². The van der Waals surface area contributed by atoms with Crippen molar-refractivity contribution in [1.82, 2.24) is 9.97 Å². The fraction of sp³-hybridized carbons (Fsp3) is 0.190. The van der Waals surface area contributed by atoms with Gasteiger partial charge < -0.3 is 14.8 Å². The Morgan fingerprint density at radius 3 is 2.66 bits per heavy atom. The lowest BCUT2D eigenvalue weighted by atomic mass is 10.2. The van der Waals surface area contributed by atoms with Crippen LogP contribution in [0.4, 0.5) is 5.69 Å². The molecular weight excluding hydrogens is 390 g/mol. The number of aromatic nitrogens is 2. The summed E-state index contributed by atoms with van der Waals surface area (Å²) >= 11 is 0. The predicted molar refractivity (Wildman–Crippen MR) is 111 cm³/mol. The molecule has 8 heteroatoms. The highest BCUT2D eigenvalue weighted by Gasteiger charge is 2.19. The molecule has 150 valence electrons. The molecule has 7 nitrogen and oxygen atoms in total. The first kappa shape index (κ1) is 20.5. The van der Waals surface area contributed by atoms with Gasteiger partial charge in [-0.25, -0.2) is 4.98 Å². The number of ether oxygens (including phenoxy) is 2. The minimum atomic E-state index is -1.55. The minimum absolute atomic E-state index is 0.155. The van der Waals surface area contributed by atoms with Crippen LogP contribution in [0.1, 0.15) is 22.8 Å². The van der Waals surface area contributed by atoms with E-state index in [2.05, 4.69) is 15.3 Å². The Morgan fingerprint density at radius 1 is 1.14 bits per heavy atom. The molecule has 2 aromatic heterocycles. The minimum Gasteiger partial charge on any atom is -0.496 e. The van der Waals surface area contributed by atoms with Gasteiger partial charge in [0.1, 0.15) is 16.5 Å². The van der Waals surface area contributed by atoms with Gasteiger partial charge in [0.25, 0.3) is 5.91 Å². The van der Waals surface area contributed by atoms with Crippen LogP contribution < -0.4 is 14.8 Å². The fourth-order valence-corrected chi connectivity index (χ4v) is 3.93. The largest absolute Gasteiger partial charge is 0.496 e. The summed E-state index contributed by atoms with van der Waals surface area (Å²) < 4.78 is 23.9. The Bertz CT molecular complexity index is 1010. The van der Waals surface area contributed by atoms with Gasteiger partial charge >= 0.3 is 0 Å². The SMILES string of the molecule is CCOc1ccc(CS(=O)c2ncccc2C(=O)Nc2ccncc2)c(OC)c1. The third kappa shape index (κ3) is 5.17. The summed E-state index contributed by atoms with van der Waals surface area (Å²) in [6.45, 7) is 2.44. The molecule has 29 heavy (non-hydrogen) atoms. The van der Waals surface area contributed by atoms with Crippen LogP contribution >= 0.6 is 0 Å². The van der Waals surface area contributed by atoms with E-state index in [1.54, 1.807) is 62.0 Å². The van der Waals surface area contributed by atoms with Gasteiger partial charge in [0.2, 0.25) is 0 Å². The normalized spacial score (nSPS) is 11.5. The number of hydrogen-bond donors (Lipinski definition) is 1. The van der Waals surface area contributed by atoms with Crippen molar-refractivity contribution in [2.45, 2.75) is 17.7 Å². The van der Waals surface area contributed by atoms with Crippen molar-refractivity contribution in [3.05, 3.63) is 72.2 Å². The summed E-state index contributed by atoms with van der Waals surface area (Å²) in [5.74, 6) is 1.02. The summed E-state index contributed by atoms with van der Waals surface area (Å²) in [5.41, 5.74) is 1.59. The highest BCUT2D eigenvalue weighted by molar-refractivity contribution is 7.84. The molecule has 1 atom stereocenters. The summed E-state index contributed by atoms with van der Waals surface area (Å²) in [7, 11) is -0.00439. The molecule has 0 bridgehead atoms. The second kappa shape index (κ2) is 9.79. The van der Waals surface area contributed by atoms with Crippen LogP contribution in [0.25, 0.3) is 0 Å². The number of carbonyl (C=O) groups is 1. The zero-order valence-corrected chi connectivity index (χ0v) is 16.9. The van der Waals surface area contributed by atoms with E-state index in [0.29, 0.717) is 23.8 Å². The number of methoxy groups -OCH3 is 1. The van der Waals surface area contributed by atoms with E-state index in [4.69, 9.17) is 9.47 Å². The quantitative estimate of drug-likeness (QED) is 0.611. The molecule has 0 saturated heterocycles. The highest BCUT2D eigenvalue weighted by Crippen LogP contribution is 2.27. The van der Waals surface area contributed by atoms with Gasteiger partial charge in [-0.05, 0) is 37.3 Å². The second-order valence-electron chi connectivity index (χ2n) is 5.94. The standard InChI is InChI=1S/C21H21N3O4S/c1-3-28-17-7-6-15(19(13-17)27-2)14-29(26)21-18(5-4-10-23-21)20(25)24-16-8-11-22-12-9-16/h4-13H,3,14H2,1-2H3,(H,22,24,25). The topological polar surface area (TPSA) is 90.4 Å². The van der Waals surface area contributed by atoms with Gasteiger partial charge in [0.05, 0.1) is 35.8 Å². The molecule has 0 aliphatic carbocycles. The van der Waals surface area contributed by atoms with E-state index in [1.165, 1.54) is 6.20 Å². The Hall–Kier alpha value is -3.26. The highest BCUT2D eigenvalue weighted by atomic mass is 32.2. The van der Waals surface area contributed by atoms with E-state index in [9.17, 15) is 9.00 Å². The average molecular weight is 411 g/mol. The Kier molecular flexibility index (Phi) is 6.91. The number of benzene rings is 1. The molecule has 3 rings (SSSR count). The first-order valence-electron chi connectivity index (χ1n) is 8.97. The maximum absolute atomic E-state index is 13.0. The monoisotopic (exact) mass is 411 g/mol. The fourth-order valence-electron chi connectivity index (χ4n) is 2.69. The summed E-state index contributed by atoms with van der Waals surface area (Å²) in [4.78, 5) is 20.8. The van der Waals surface area contributed by atoms with E-state index in [0.717, 1.165) is 5.56 Å². The first-order valence-corrected chi connectivity index (χ1v) is 10.3. The summed E-state index contributed by atoms with van der Waals surface area (Å²) in [6.07, 6.45) is 4.68.